The van der Waals surface area contributed by atoms with Crippen molar-refractivity contribution in [2.75, 3.05) is 7.11 Å². The summed E-state index contributed by atoms with van der Waals surface area (Å²) in [7, 11) is 1.53. The molecule has 7 heteroatoms. The predicted octanol–water partition coefficient (Wildman–Crippen LogP) is 1.97. The molecule has 2 rings (SSSR count). The fraction of sp³-hybridized carbons (Fsp3) is 0.125. The number of carboxylic acids is 1. The zero-order valence-corrected chi connectivity index (χ0v) is 9.26. The number of nitrogens with zero attached hydrogens (tertiary/aromatic N) is 2. The van der Waals surface area contributed by atoms with Crippen molar-refractivity contribution in [1.82, 2.24) is 9.36 Å². The molecule has 0 amide bonds. The van der Waals surface area contributed by atoms with Crippen LogP contribution in [0.15, 0.2) is 12.3 Å². The van der Waals surface area contributed by atoms with Crippen molar-refractivity contribution in [3.05, 3.63) is 17.1 Å². The van der Waals surface area contributed by atoms with Gasteiger partial charge in [0.25, 0.3) is 0 Å². The van der Waals surface area contributed by atoms with Gasteiger partial charge in [0.2, 0.25) is 5.88 Å². The minimum Gasteiger partial charge on any atom is -0.480 e. The molecule has 78 valence electrons. The van der Waals surface area contributed by atoms with E-state index < -0.39 is 5.97 Å². The molecule has 15 heavy (non-hydrogen) atoms. The summed E-state index contributed by atoms with van der Waals surface area (Å²) >= 11 is 2.35. The summed E-state index contributed by atoms with van der Waals surface area (Å²) in [5.41, 5.74) is 0. The van der Waals surface area contributed by atoms with Crippen LogP contribution in [0.2, 0.25) is 0 Å². The van der Waals surface area contributed by atoms with Crippen LogP contribution >= 0.6 is 22.9 Å². The van der Waals surface area contributed by atoms with Gasteiger partial charge in [0.1, 0.15) is 9.88 Å². The van der Waals surface area contributed by atoms with Gasteiger partial charge < -0.3 is 9.84 Å². The summed E-state index contributed by atoms with van der Waals surface area (Å²) in [5.74, 6) is -0.447. The van der Waals surface area contributed by atoms with Crippen molar-refractivity contribution in [1.29, 1.82) is 0 Å². The number of thiazole rings is 1. The Hall–Kier alpha value is -1.47. The second-order valence-electron chi connectivity index (χ2n) is 2.57. The molecule has 2 heterocycles. The topological polar surface area (TPSA) is 72.3 Å². The summed E-state index contributed by atoms with van der Waals surface area (Å²) in [6.07, 6.45) is 1.34. The Kier molecular flexibility index (Phi) is 2.65. The Bertz CT molecular complexity index is 492. The molecule has 2 aromatic heterocycles. The lowest BCUT2D eigenvalue weighted by molar-refractivity contribution is 0.0702. The fourth-order valence-corrected chi connectivity index (χ4v) is 2.45. The molecule has 0 aliphatic rings. The highest BCUT2D eigenvalue weighted by atomic mass is 32.1. The van der Waals surface area contributed by atoms with Crippen molar-refractivity contribution in [2.24, 2.45) is 0 Å². The Morgan fingerprint density at radius 3 is 2.93 bits per heavy atom. The minimum atomic E-state index is -0.963. The number of rotatable bonds is 3. The number of hydrogen-bond acceptors (Lipinski definition) is 6. The lowest BCUT2D eigenvalue weighted by Crippen LogP contribution is -1.89. The maximum Gasteiger partial charge on any atom is 0.347 e. The van der Waals surface area contributed by atoms with Crippen LogP contribution in [0.1, 0.15) is 9.67 Å². The Balaban J connectivity index is 2.32. The fourth-order valence-electron chi connectivity index (χ4n) is 0.943. The summed E-state index contributed by atoms with van der Waals surface area (Å²) in [6, 6.07) is 1.73. The summed E-state index contributed by atoms with van der Waals surface area (Å²) in [4.78, 5) is 15.7. The van der Waals surface area contributed by atoms with Gasteiger partial charge in [-0.1, -0.05) is 0 Å². The molecule has 2 aromatic rings. The predicted molar refractivity (Wildman–Crippen MR) is 56.7 cm³/mol. The molecule has 0 aliphatic heterocycles. The van der Waals surface area contributed by atoms with Gasteiger partial charge in [-0.2, -0.15) is 4.37 Å². The van der Waals surface area contributed by atoms with Crippen LogP contribution in [-0.2, 0) is 0 Å². The zero-order valence-electron chi connectivity index (χ0n) is 7.63. The van der Waals surface area contributed by atoms with E-state index in [1.165, 1.54) is 24.8 Å². The number of ether oxygens (including phenoxy) is 1. The van der Waals surface area contributed by atoms with E-state index in [-0.39, 0.29) is 4.88 Å². The van der Waals surface area contributed by atoms with E-state index in [4.69, 9.17) is 9.84 Å². The maximum absolute atomic E-state index is 10.6. The second-order valence-corrected chi connectivity index (χ2v) is 4.40. The number of aromatic carboxylic acids is 1. The normalized spacial score (nSPS) is 10.2. The monoisotopic (exact) mass is 242 g/mol. The molecule has 0 radical (unpaired) electrons. The number of carbonyl (C=O) groups is 1. The molecule has 0 aliphatic carbocycles. The van der Waals surface area contributed by atoms with Gasteiger partial charge in [-0.25, -0.2) is 9.78 Å². The Morgan fingerprint density at radius 1 is 1.60 bits per heavy atom. The zero-order chi connectivity index (χ0) is 10.8. The van der Waals surface area contributed by atoms with Gasteiger partial charge in [-0.05, 0) is 11.5 Å². The first-order valence-electron chi connectivity index (χ1n) is 3.91. The molecule has 0 spiro atoms. The average Bonchev–Trinajstić information content (AvgIpc) is 2.86. The first-order valence-corrected chi connectivity index (χ1v) is 5.50. The molecular formula is C8H6N2O3S2. The first-order chi connectivity index (χ1) is 7.20. The van der Waals surface area contributed by atoms with Gasteiger partial charge in [-0.15, -0.1) is 11.3 Å². The largest absolute Gasteiger partial charge is 0.480 e. The van der Waals surface area contributed by atoms with E-state index in [0.29, 0.717) is 10.9 Å². The quantitative estimate of drug-likeness (QED) is 0.890. The van der Waals surface area contributed by atoms with Gasteiger partial charge in [-0.3, -0.25) is 0 Å². The highest BCUT2D eigenvalue weighted by Gasteiger charge is 2.12. The van der Waals surface area contributed by atoms with Crippen molar-refractivity contribution >= 4 is 28.8 Å². The van der Waals surface area contributed by atoms with E-state index in [1.807, 2.05) is 0 Å². The smallest absolute Gasteiger partial charge is 0.347 e. The third-order valence-corrected chi connectivity index (χ3v) is 3.55. The van der Waals surface area contributed by atoms with Gasteiger partial charge >= 0.3 is 5.97 Å². The SMILES string of the molecule is COc1cc(-c2ncc(C(=O)O)s2)sn1. The van der Waals surface area contributed by atoms with Gasteiger partial charge in [0.05, 0.1) is 18.2 Å². The average molecular weight is 242 g/mol. The molecule has 0 fully saturated rings. The van der Waals surface area contributed by atoms with Crippen molar-refractivity contribution in [3.8, 4) is 15.8 Å². The molecule has 0 saturated heterocycles. The minimum absolute atomic E-state index is 0.220. The van der Waals surface area contributed by atoms with Crippen molar-refractivity contribution < 1.29 is 14.6 Å². The highest BCUT2D eigenvalue weighted by molar-refractivity contribution is 7.20. The van der Waals surface area contributed by atoms with Gasteiger partial charge in [0, 0.05) is 6.07 Å². The van der Waals surface area contributed by atoms with Crippen LogP contribution in [0.25, 0.3) is 9.88 Å². The first kappa shape index (κ1) is 10.1. The van der Waals surface area contributed by atoms with Crippen LogP contribution in [0, 0.1) is 0 Å². The third kappa shape index (κ3) is 1.97. The molecule has 5 nitrogen and oxygen atoms in total. The van der Waals surface area contributed by atoms with Crippen molar-refractivity contribution in [2.45, 2.75) is 0 Å². The third-order valence-electron chi connectivity index (χ3n) is 1.62. The number of hydrogen-bond donors (Lipinski definition) is 1. The number of carboxylic acid groups (broad SMARTS) is 1. The van der Waals surface area contributed by atoms with Crippen LogP contribution in [-0.4, -0.2) is 27.5 Å². The summed E-state index contributed by atoms with van der Waals surface area (Å²) in [5, 5.41) is 9.38. The van der Waals surface area contributed by atoms with Crippen LogP contribution in [0.4, 0.5) is 0 Å². The number of methoxy groups -OCH3 is 1. The van der Waals surface area contributed by atoms with E-state index in [9.17, 15) is 4.79 Å². The molecule has 1 N–H and O–H groups in total. The molecule has 0 atom stereocenters. The van der Waals surface area contributed by atoms with Gasteiger partial charge in [0.15, 0.2) is 0 Å². The lowest BCUT2D eigenvalue weighted by atomic mass is 10.5. The summed E-state index contributed by atoms with van der Waals surface area (Å²) < 4.78 is 8.93. The van der Waals surface area contributed by atoms with E-state index >= 15 is 0 Å². The highest BCUT2D eigenvalue weighted by Crippen LogP contribution is 2.31. The molecule has 0 saturated carbocycles. The summed E-state index contributed by atoms with van der Waals surface area (Å²) in [6.45, 7) is 0. The molecular weight excluding hydrogens is 236 g/mol. The lowest BCUT2D eigenvalue weighted by Gasteiger charge is -1.87. The van der Waals surface area contributed by atoms with Crippen LogP contribution < -0.4 is 4.74 Å². The second kappa shape index (κ2) is 3.95. The maximum atomic E-state index is 10.6. The Labute approximate surface area is 93.1 Å². The standard InChI is InChI=1S/C8H6N2O3S2/c1-13-6-2-4(15-10-6)7-9-3-5(14-7)8(11)12/h2-3H,1H3,(H,11,12). The van der Waals surface area contributed by atoms with E-state index in [0.717, 1.165) is 16.2 Å². The van der Waals surface area contributed by atoms with Crippen molar-refractivity contribution in [3.63, 3.8) is 0 Å². The van der Waals surface area contributed by atoms with E-state index in [2.05, 4.69) is 9.36 Å². The van der Waals surface area contributed by atoms with Crippen LogP contribution in [0.5, 0.6) is 5.88 Å². The molecule has 0 bridgehead atoms. The van der Waals surface area contributed by atoms with E-state index in [1.54, 1.807) is 6.07 Å². The van der Waals surface area contributed by atoms with Crippen LogP contribution in [0.3, 0.4) is 0 Å². The molecule has 0 aromatic carbocycles. The number of aromatic nitrogens is 2. The molecule has 0 unspecified atom stereocenters. The Morgan fingerprint density at radius 2 is 2.40 bits per heavy atom.